The van der Waals surface area contributed by atoms with Crippen LogP contribution in [0.5, 0.6) is 0 Å². The highest BCUT2D eigenvalue weighted by Gasteiger charge is 2.00. The SMILES string of the molecule is CC(=O)Cc1ccc(CO)c(C)c1. The average Bonchev–Trinajstić information content (AvgIpc) is 2.03. The minimum atomic E-state index is 0.0617. The molecule has 0 aromatic heterocycles. The van der Waals surface area contributed by atoms with Gasteiger partial charge in [-0.05, 0) is 30.5 Å². The lowest BCUT2D eigenvalue weighted by Crippen LogP contribution is -1.98. The summed E-state index contributed by atoms with van der Waals surface area (Å²) in [6, 6.07) is 5.71. The van der Waals surface area contributed by atoms with Crippen molar-refractivity contribution in [3.05, 3.63) is 34.9 Å². The first-order valence-electron chi connectivity index (χ1n) is 4.32. The van der Waals surface area contributed by atoms with Crippen molar-refractivity contribution in [2.75, 3.05) is 0 Å². The van der Waals surface area contributed by atoms with Crippen LogP contribution in [0.1, 0.15) is 23.6 Å². The predicted octanol–water partition coefficient (Wildman–Crippen LogP) is 1.62. The van der Waals surface area contributed by atoms with Crippen LogP contribution in [-0.4, -0.2) is 10.9 Å². The lowest BCUT2D eigenvalue weighted by atomic mass is 10.0. The highest BCUT2D eigenvalue weighted by atomic mass is 16.3. The van der Waals surface area contributed by atoms with Gasteiger partial charge in [-0.15, -0.1) is 0 Å². The van der Waals surface area contributed by atoms with E-state index < -0.39 is 0 Å². The van der Waals surface area contributed by atoms with E-state index in [9.17, 15) is 4.79 Å². The smallest absolute Gasteiger partial charge is 0.134 e. The van der Waals surface area contributed by atoms with E-state index in [0.29, 0.717) is 6.42 Å². The predicted molar refractivity (Wildman–Crippen MR) is 51.5 cm³/mol. The molecule has 0 aliphatic heterocycles. The summed E-state index contributed by atoms with van der Waals surface area (Å²) in [5, 5.41) is 8.92. The molecule has 0 heterocycles. The molecule has 0 atom stereocenters. The van der Waals surface area contributed by atoms with Gasteiger partial charge in [-0.25, -0.2) is 0 Å². The van der Waals surface area contributed by atoms with Crippen LogP contribution < -0.4 is 0 Å². The van der Waals surface area contributed by atoms with E-state index in [1.165, 1.54) is 0 Å². The molecule has 13 heavy (non-hydrogen) atoms. The molecule has 0 aliphatic carbocycles. The van der Waals surface area contributed by atoms with Crippen molar-refractivity contribution in [2.45, 2.75) is 26.9 Å². The molecule has 2 nitrogen and oxygen atoms in total. The van der Waals surface area contributed by atoms with Gasteiger partial charge in [0.15, 0.2) is 0 Å². The van der Waals surface area contributed by atoms with Crippen LogP contribution in [0.2, 0.25) is 0 Å². The Labute approximate surface area is 78.2 Å². The Bertz CT molecular complexity index is 316. The molecule has 1 N–H and O–H groups in total. The van der Waals surface area contributed by atoms with Crippen LogP contribution in [0.15, 0.2) is 18.2 Å². The minimum absolute atomic E-state index is 0.0617. The second kappa shape index (κ2) is 4.19. The quantitative estimate of drug-likeness (QED) is 0.763. The Morgan fingerprint density at radius 2 is 2.15 bits per heavy atom. The molecule has 70 valence electrons. The number of carbonyl (C=O) groups excluding carboxylic acids is 1. The van der Waals surface area contributed by atoms with Gasteiger partial charge in [0.05, 0.1) is 6.61 Å². The van der Waals surface area contributed by atoms with Crippen molar-refractivity contribution < 1.29 is 9.90 Å². The van der Waals surface area contributed by atoms with Crippen LogP contribution in [0.25, 0.3) is 0 Å². The van der Waals surface area contributed by atoms with E-state index in [2.05, 4.69) is 0 Å². The maximum absolute atomic E-state index is 10.8. The van der Waals surface area contributed by atoms with Gasteiger partial charge in [-0.1, -0.05) is 18.2 Å². The molecule has 0 unspecified atom stereocenters. The lowest BCUT2D eigenvalue weighted by Gasteiger charge is -2.04. The molecule has 0 spiro atoms. The first-order valence-corrected chi connectivity index (χ1v) is 4.32. The maximum atomic E-state index is 10.8. The highest BCUT2D eigenvalue weighted by molar-refractivity contribution is 5.78. The van der Waals surface area contributed by atoms with Crippen LogP contribution in [0.3, 0.4) is 0 Å². The molecule has 0 bridgehead atoms. The van der Waals surface area contributed by atoms with Crippen LogP contribution >= 0.6 is 0 Å². The molecular weight excluding hydrogens is 164 g/mol. The highest BCUT2D eigenvalue weighted by Crippen LogP contribution is 2.11. The normalized spacial score (nSPS) is 10.1. The van der Waals surface area contributed by atoms with Crippen molar-refractivity contribution in [2.24, 2.45) is 0 Å². The largest absolute Gasteiger partial charge is 0.392 e. The number of Topliss-reactive ketones (excluding diaryl/α,β-unsaturated/α-hetero) is 1. The zero-order chi connectivity index (χ0) is 9.84. The van der Waals surface area contributed by atoms with Crippen molar-refractivity contribution in [1.29, 1.82) is 0 Å². The van der Waals surface area contributed by atoms with Gasteiger partial charge in [-0.2, -0.15) is 0 Å². The van der Waals surface area contributed by atoms with Crippen molar-refractivity contribution in [1.82, 2.24) is 0 Å². The average molecular weight is 178 g/mol. The summed E-state index contributed by atoms with van der Waals surface area (Å²) in [5.74, 6) is 0.163. The molecule has 0 saturated heterocycles. The van der Waals surface area contributed by atoms with E-state index >= 15 is 0 Å². The number of hydrogen-bond donors (Lipinski definition) is 1. The van der Waals surface area contributed by atoms with Crippen LogP contribution in [0.4, 0.5) is 0 Å². The van der Waals surface area contributed by atoms with Crippen LogP contribution in [0, 0.1) is 6.92 Å². The zero-order valence-electron chi connectivity index (χ0n) is 8.00. The molecule has 2 heteroatoms. The van der Waals surface area contributed by atoms with E-state index in [-0.39, 0.29) is 12.4 Å². The topological polar surface area (TPSA) is 37.3 Å². The summed E-state index contributed by atoms with van der Waals surface area (Å²) >= 11 is 0. The maximum Gasteiger partial charge on any atom is 0.134 e. The fourth-order valence-electron chi connectivity index (χ4n) is 1.33. The minimum Gasteiger partial charge on any atom is -0.392 e. The van der Waals surface area contributed by atoms with Gasteiger partial charge in [0, 0.05) is 6.42 Å². The van der Waals surface area contributed by atoms with Crippen molar-refractivity contribution in [3.8, 4) is 0 Å². The molecule has 1 aromatic carbocycles. The summed E-state index contributed by atoms with van der Waals surface area (Å²) in [6.45, 7) is 3.58. The first kappa shape index (κ1) is 9.93. The number of benzene rings is 1. The third kappa shape index (κ3) is 2.67. The summed E-state index contributed by atoms with van der Waals surface area (Å²) in [5.41, 5.74) is 2.98. The van der Waals surface area contributed by atoms with Gasteiger partial charge in [0.1, 0.15) is 5.78 Å². The van der Waals surface area contributed by atoms with Crippen molar-refractivity contribution in [3.63, 3.8) is 0 Å². The van der Waals surface area contributed by atoms with Crippen molar-refractivity contribution >= 4 is 5.78 Å². The molecule has 1 rings (SSSR count). The van der Waals surface area contributed by atoms with E-state index in [1.807, 2.05) is 25.1 Å². The van der Waals surface area contributed by atoms with E-state index in [1.54, 1.807) is 6.92 Å². The molecule has 0 saturated carbocycles. The fourth-order valence-corrected chi connectivity index (χ4v) is 1.33. The number of aryl methyl sites for hydroxylation is 1. The van der Waals surface area contributed by atoms with Gasteiger partial charge >= 0.3 is 0 Å². The number of ketones is 1. The zero-order valence-corrected chi connectivity index (χ0v) is 8.00. The standard InChI is InChI=1S/C11H14O2/c1-8-5-10(6-9(2)13)3-4-11(8)7-12/h3-5,12H,6-7H2,1-2H3. The molecule has 0 radical (unpaired) electrons. The summed E-state index contributed by atoms with van der Waals surface area (Å²) in [4.78, 5) is 10.8. The van der Waals surface area contributed by atoms with E-state index in [4.69, 9.17) is 5.11 Å². The monoisotopic (exact) mass is 178 g/mol. The second-order valence-electron chi connectivity index (χ2n) is 3.30. The van der Waals surface area contributed by atoms with Gasteiger partial charge in [0.2, 0.25) is 0 Å². The molecule has 1 aromatic rings. The summed E-state index contributed by atoms with van der Waals surface area (Å²) in [7, 11) is 0. The van der Waals surface area contributed by atoms with E-state index in [0.717, 1.165) is 16.7 Å². The molecule has 0 fully saturated rings. The Balaban J connectivity index is 2.89. The third-order valence-corrected chi connectivity index (χ3v) is 2.03. The number of rotatable bonds is 3. The summed E-state index contributed by atoms with van der Waals surface area (Å²) in [6.07, 6.45) is 0.479. The van der Waals surface area contributed by atoms with Gasteiger partial charge < -0.3 is 5.11 Å². The third-order valence-electron chi connectivity index (χ3n) is 2.03. The van der Waals surface area contributed by atoms with Gasteiger partial charge in [0.25, 0.3) is 0 Å². The van der Waals surface area contributed by atoms with Crippen LogP contribution in [-0.2, 0) is 17.8 Å². The number of aliphatic hydroxyl groups excluding tert-OH is 1. The molecule has 0 amide bonds. The molecule has 0 aliphatic rings. The Kier molecular flexibility index (Phi) is 3.20. The fraction of sp³-hybridized carbons (Fsp3) is 0.364. The Morgan fingerprint density at radius 1 is 1.46 bits per heavy atom. The second-order valence-corrected chi connectivity index (χ2v) is 3.30. The lowest BCUT2D eigenvalue weighted by molar-refractivity contribution is -0.116. The van der Waals surface area contributed by atoms with Gasteiger partial charge in [-0.3, -0.25) is 4.79 Å². The number of carbonyl (C=O) groups is 1. The first-order chi connectivity index (χ1) is 6.13. The summed E-state index contributed by atoms with van der Waals surface area (Å²) < 4.78 is 0. The Hall–Kier alpha value is -1.15. The Morgan fingerprint density at radius 3 is 2.62 bits per heavy atom. The molecular formula is C11H14O2. The number of hydrogen-bond acceptors (Lipinski definition) is 2. The number of aliphatic hydroxyl groups is 1.